The Kier molecular flexibility index (Phi) is 9.37. The molecule has 0 saturated carbocycles. The summed E-state index contributed by atoms with van der Waals surface area (Å²) < 4.78 is 17.6. The second-order valence-electron chi connectivity index (χ2n) is 9.09. The largest absolute Gasteiger partial charge is 0.485 e. The minimum atomic E-state index is -0.966. The van der Waals surface area contributed by atoms with Gasteiger partial charge in [-0.15, -0.1) is 0 Å². The lowest BCUT2D eigenvalue weighted by molar-refractivity contribution is 0.0477. The van der Waals surface area contributed by atoms with E-state index >= 15 is 0 Å². The zero-order valence-corrected chi connectivity index (χ0v) is 21.7. The molecule has 4 aromatic rings. The minimum Gasteiger partial charge on any atom is -0.485 e. The second-order valence-corrected chi connectivity index (χ2v) is 9.09. The first-order chi connectivity index (χ1) is 18.5. The number of benzene rings is 4. The molecule has 2 atom stereocenters. The van der Waals surface area contributed by atoms with Crippen LogP contribution in [-0.4, -0.2) is 29.2 Å². The summed E-state index contributed by atoms with van der Waals surface area (Å²) in [6, 6.07) is 34.0. The van der Waals surface area contributed by atoms with Gasteiger partial charge in [0.05, 0.1) is 12.1 Å². The van der Waals surface area contributed by atoms with Crippen molar-refractivity contribution >= 4 is 6.09 Å². The molecule has 0 aliphatic rings. The molecule has 0 aliphatic heterocycles. The van der Waals surface area contributed by atoms with Crippen molar-refractivity contribution in [3.8, 4) is 11.5 Å². The van der Waals surface area contributed by atoms with E-state index in [-0.39, 0.29) is 6.61 Å². The van der Waals surface area contributed by atoms with Crippen LogP contribution in [0.4, 0.5) is 4.79 Å². The van der Waals surface area contributed by atoms with Crippen LogP contribution in [0.5, 0.6) is 11.5 Å². The number of carbonyl (C=O) groups is 1. The lowest BCUT2D eigenvalue weighted by atomic mass is 10.0. The maximum absolute atomic E-state index is 12.6. The van der Waals surface area contributed by atoms with E-state index in [9.17, 15) is 9.90 Å². The first-order valence-corrected chi connectivity index (χ1v) is 12.6. The van der Waals surface area contributed by atoms with Crippen LogP contribution in [0, 0.1) is 0 Å². The second kappa shape index (κ2) is 13.3. The molecule has 1 amide bonds. The number of amides is 1. The van der Waals surface area contributed by atoms with Crippen molar-refractivity contribution in [1.29, 1.82) is 0 Å². The number of ether oxygens (including phenoxy) is 3. The third kappa shape index (κ3) is 7.37. The fraction of sp³-hybridized carbons (Fsp3) is 0.219. The summed E-state index contributed by atoms with van der Waals surface area (Å²) in [6.45, 7) is 2.68. The molecule has 0 aromatic heterocycles. The standard InChI is InChI=1S/C32H33NO5/c1-24(33(2)32(35)38-23-27-16-10-5-11-17-27)31(34)28-18-19-29(36-21-25-12-6-3-7-13-25)30(20-28)37-22-26-14-8-4-9-15-26/h3-20,24,31,34H,21-23H2,1-2H3/t24-,31-/m0/s1. The molecule has 1 N–H and O–H groups in total. The van der Waals surface area contributed by atoms with Crippen LogP contribution in [0.2, 0.25) is 0 Å². The highest BCUT2D eigenvalue weighted by atomic mass is 16.6. The van der Waals surface area contributed by atoms with Gasteiger partial charge >= 0.3 is 6.09 Å². The Morgan fingerprint density at radius 1 is 0.711 bits per heavy atom. The Hall–Kier alpha value is -4.29. The summed E-state index contributed by atoms with van der Waals surface area (Å²) in [4.78, 5) is 14.0. The summed E-state index contributed by atoms with van der Waals surface area (Å²) >= 11 is 0. The van der Waals surface area contributed by atoms with E-state index in [2.05, 4.69) is 0 Å². The fourth-order valence-electron chi connectivity index (χ4n) is 3.89. The average Bonchev–Trinajstić information content (AvgIpc) is 2.98. The van der Waals surface area contributed by atoms with Crippen LogP contribution in [0.3, 0.4) is 0 Å². The maximum atomic E-state index is 12.6. The van der Waals surface area contributed by atoms with Crippen LogP contribution in [-0.2, 0) is 24.6 Å². The monoisotopic (exact) mass is 511 g/mol. The average molecular weight is 512 g/mol. The van der Waals surface area contributed by atoms with Gasteiger partial charge in [0.25, 0.3) is 0 Å². The number of likely N-dealkylation sites (N-methyl/N-ethyl adjacent to an activating group) is 1. The molecule has 4 rings (SSSR count). The Bertz CT molecular complexity index is 1280. The van der Waals surface area contributed by atoms with Crippen LogP contribution < -0.4 is 9.47 Å². The Labute approximate surface area is 224 Å². The van der Waals surface area contributed by atoms with E-state index < -0.39 is 18.2 Å². The topological polar surface area (TPSA) is 68.2 Å². The highest BCUT2D eigenvalue weighted by Crippen LogP contribution is 2.33. The van der Waals surface area contributed by atoms with Crippen molar-refractivity contribution in [1.82, 2.24) is 4.90 Å². The van der Waals surface area contributed by atoms with Gasteiger partial charge < -0.3 is 24.2 Å². The highest BCUT2D eigenvalue weighted by molar-refractivity contribution is 5.67. The van der Waals surface area contributed by atoms with Gasteiger partial charge in [-0.3, -0.25) is 0 Å². The van der Waals surface area contributed by atoms with Gasteiger partial charge in [-0.1, -0.05) is 97.1 Å². The number of aliphatic hydroxyl groups excluding tert-OH is 1. The number of carbonyl (C=O) groups excluding carboxylic acids is 1. The van der Waals surface area contributed by atoms with E-state index in [0.717, 1.165) is 16.7 Å². The van der Waals surface area contributed by atoms with Crippen LogP contribution >= 0.6 is 0 Å². The van der Waals surface area contributed by atoms with Gasteiger partial charge in [-0.25, -0.2) is 4.79 Å². The van der Waals surface area contributed by atoms with Crippen LogP contribution in [0.1, 0.15) is 35.3 Å². The molecule has 0 aliphatic carbocycles. The molecule has 0 fully saturated rings. The van der Waals surface area contributed by atoms with Crippen LogP contribution in [0.25, 0.3) is 0 Å². The number of nitrogens with zero attached hydrogens (tertiary/aromatic N) is 1. The lowest BCUT2D eigenvalue weighted by Gasteiger charge is -2.29. The SMILES string of the molecule is C[C@@H]([C@H](O)c1ccc(OCc2ccccc2)c(OCc2ccccc2)c1)N(C)C(=O)OCc1ccccc1. The normalized spacial score (nSPS) is 12.3. The summed E-state index contributed by atoms with van der Waals surface area (Å²) in [6.07, 6.45) is -1.48. The molecule has 6 heteroatoms. The van der Waals surface area contributed by atoms with Crippen molar-refractivity contribution in [2.45, 2.75) is 38.9 Å². The molecule has 4 aromatic carbocycles. The zero-order valence-electron chi connectivity index (χ0n) is 21.7. The number of hydrogen-bond donors (Lipinski definition) is 1. The third-order valence-electron chi connectivity index (χ3n) is 6.34. The van der Waals surface area contributed by atoms with Gasteiger partial charge in [0.2, 0.25) is 0 Å². The van der Waals surface area contributed by atoms with Crippen molar-refractivity contribution in [2.75, 3.05) is 7.05 Å². The Morgan fingerprint density at radius 2 is 1.18 bits per heavy atom. The summed E-state index contributed by atoms with van der Waals surface area (Å²) in [5, 5.41) is 11.2. The zero-order chi connectivity index (χ0) is 26.7. The van der Waals surface area contributed by atoms with Gasteiger partial charge in [-0.2, -0.15) is 0 Å². The number of hydrogen-bond acceptors (Lipinski definition) is 5. The van der Waals surface area contributed by atoms with Gasteiger partial charge in [0, 0.05) is 7.05 Å². The highest BCUT2D eigenvalue weighted by Gasteiger charge is 2.26. The predicted molar refractivity (Wildman–Crippen MR) is 147 cm³/mol. The van der Waals surface area contributed by atoms with Crippen molar-refractivity contribution in [3.05, 3.63) is 131 Å². The Morgan fingerprint density at radius 3 is 1.71 bits per heavy atom. The lowest BCUT2D eigenvalue weighted by Crippen LogP contribution is -2.39. The van der Waals surface area contributed by atoms with Gasteiger partial charge in [-0.05, 0) is 41.3 Å². The fourth-order valence-corrected chi connectivity index (χ4v) is 3.89. The van der Waals surface area contributed by atoms with E-state index in [1.165, 1.54) is 4.90 Å². The predicted octanol–water partition coefficient (Wildman–Crippen LogP) is 6.54. The molecule has 196 valence electrons. The Balaban J connectivity index is 1.46. The molecule has 0 heterocycles. The van der Waals surface area contributed by atoms with Gasteiger partial charge in [0.1, 0.15) is 19.8 Å². The van der Waals surface area contributed by atoms with E-state index in [1.807, 2.05) is 91.0 Å². The molecule has 6 nitrogen and oxygen atoms in total. The summed E-state index contributed by atoms with van der Waals surface area (Å²) in [7, 11) is 1.62. The van der Waals surface area contributed by atoms with Gasteiger partial charge in [0.15, 0.2) is 11.5 Å². The summed E-state index contributed by atoms with van der Waals surface area (Å²) in [5.74, 6) is 1.09. The summed E-state index contributed by atoms with van der Waals surface area (Å²) in [5.41, 5.74) is 3.56. The van der Waals surface area contributed by atoms with Crippen molar-refractivity contribution in [3.63, 3.8) is 0 Å². The third-order valence-corrected chi connectivity index (χ3v) is 6.34. The number of aliphatic hydroxyl groups is 1. The molecular weight excluding hydrogens is 478 g/mol. The molecule has 0 saturated heterocycles. The van der Waals surface area contributed by atoms with Crippen molar-refractivity contribution < 1.29 is 24.1 Å². The molecular formula is C32H33NO5. The van der Waals surface area contributed by atoms with E-state index in [1.54, 1.807) is 32.2 Å². The molecule has 38 heavy (non-hydrogen) atoms. The van der Waals surface area contributed by atoms with E-state index in [0.29, 0.717) is 30.3 Å². The van der Waals surface area contributed by atoms with Crippen LogP contribution in [0.15, 0.2) is 109 Å². The molecule has 0 unspecified atom stereocenters. The molecule has 0 spiro atoms. The number of rotatable bonds is 11. The maximum Gasteiger partial charge on any atom is 0.410 e. The first-order valence-electron chi connectivity index (χ1n) is 12.6. The molecule has 0 bridgehead atoms. The quantitative estimate of drug-likeness (QED) is 0.248. The first kappa shape index (κ1) is 26.8. The smallest absolute Gasteiger partial charge is 0.410 e. The van der Waals surface area contributed by atoms with Crippen molar-refractivity contribution in [2.24, 2.45) is 0 Å². The minimum absolute atomic E-state index is 0.164. The van der Waals surface area contributed by atoms with E-state index in [4.69, 9.17) is 14.2 Å². The molecule has 0 radical (unpaired) electrons.